The van der Waals surface area contributed by atoms with Crippen molar-refractivity contribution in [3.8, 4) is 0 Å². The molecule has 0 aliphatic heterocycles. The zero-order chi connectivity index (χ0) is 14.5. The first-order valence-corrected chi connectivity index (χ1v) is 6.91. The number of carbonyl (C=O) groups is 2. The maximum absolute atomic E-state index is 11.8. The first kappa shape index (κ1) is 14.4. The van der Waals surface area contributed by atoms with Crippen LogP contribution in [0.15, 0.2) is 29.8 Å². The average molecular weight is 311 g/mol. The van der Waals surface area contributed by atoms with E-state index in [0.29, 0.717) is 17.3 Å². The molecule has 20 heavy (non-hydrogen) atoms. The number of hydrogen-bond acceptors (Lipinski definition) is 3. The highest BCUT2D eigenvalue weighted by atomic mass is 35.5. The Morgan fingerprint density at radius 2 is 2.30 bits per heavy atom. The number of aliphatic carboxylic acids is 1. The van der Waals surface area contributed by atoms with Crippen molar-refractivity contribution in [3.05, 3.63) is 50.9 Å². The van der Waals surface area contributed by atoms with Crippen molar-refractivity contribution >= 4 is 40.9 Å². The van der Waals surface area contributed by atoms with Gasteiger partial charge in [0.2, 0.25) is 0 Å². The SMILES string of the molecule is O=C(O)/C=C/c1ccsc1CNC(=O)c1cc(Cl)c[nH]1. The molecule has 0 atom stereocenters. The smallest absolute Gasteiger partial charge is 0.328 e. The minimum Gasteiger partial charge on any atom is -0.478 e. The Balaban J connectivity index is 1.99. The van der Waals surface area contributed by atoms with E-state index in [1.165, 1.54) is 29.7 Å². The quantitative estimate of drug-likeness (QED) is 0.743. The summed E-state index contributed by atoms with van der Waals surface area (Å²) >= 11 is 7.17. The molecule has 3 N–H and O–H groups in total. The number of carboxylic acid groups (broad SMARTS) is 1. The van der Waals surface area contributed by atoms with Crippen molar-refractivity contribution in [2.45, 2.75) is 6.54 Å². The largest absolute Gasteiger partial charge is 0.478 e. The molecule has 2 aromatic heterocycles. The molecule has 2 aromatic rings. The van der Waals surface area contributed by atoms with Crippen LogP contribution in [-0.4, -0.2) is 22.0 Å². The van der Waals surface area contributed by atoms with Crippen LogP contribution in [-0.2, 0) is 11.3 Å². The van der Waals surface area contributed by atoms with Crippen LogP contribution in [0, 0.1) is 0 Å². The molecule has 7 heteroatoms. The predicted octanol–water partition coefficient (Wildman–Crippen LogP) is 2.76. The summed E-state index contributed by atoms with van der Waals surface area (Å²) in [6, 6.07) is 3.34. The van der Waals surface area contributed by atoms with Crippen molar-refractivity contribution in [2.75, 3.05) is 0 Å². The molecule has 0 saturated heterocycles. The third-order valence-electron chi connectivity index (χ3n) is 2.49. The number of hydrogen-bond donors (Lipinski definition) is 3. The number of rotatable bonds is 5. The highest BCUT2D eigenvalue weighted by Crippen LogP contribution is 2.18. The van der Waals surface area contributed by atoms with Gasteiger partial charge in [-0.3, -0.25) is 4.79 Å². The Morgan fingerprint density at radius 1 is 1.50 bits per heavy atom. The van der Waals surface area contributed by atoms with Crippen LogP contribution >= 0.6 is 22.9 Å². The molecule has 0 bridgehead atoms. The van der Waals surface area contributed by atoms with Gasteiger partial charge in [-0.15, -0.1) is 11.3 Å². The van der Waals surface area contributed by atoms with Crippen LogP contribution in [0.25, 0.3) is 6.08 Å². The molecule has 0 spiro atoms. The third-order valence-corrected chi connectivity index (χ3v) is 3.64. The highest BCUT2D eigenvalue weighted by Gasteiger charge is 2.09. The summed E-state index contributed by atoms with van der Waals surface area (Å²) in [7, 11) is 0. The predicted molar refractivity (Wildman–Crippen MR) is 78.0 cm³/mol. The summed E-state index contributed by atoms with van der Waals surface area (Å²) in [4.78, 5) is 26.0. The van der Waals surface area contributed by atoms with Gasteiger partial charge < -0.3 is 15.4 Å². The number of amides is 1. The third kappa shape index (κ3) is 3.72. The van der Waals surface area contributed by atoms with Gasteiger partial charge in [0.15, 0.2) is 0 Å². The Hall–Kier alpha value is -2.05. The van der Waals surface area contributed by atoms with Gasteiger partial charge >= 0.3 is 5.97 Å². The van der Waals surface area contributed by atoms with Gasteiger partial charge in [-0.25, -0.2) is 4.79 Å². The second-order valence-electron chi connectivity index (χ2n) is 3.88. The molecule has 5 nitrogen and oxygen atoms in total. The fourth-order valence-corrected chi connectivity index (χ4v) is 2.53. The number of carbonyl (C=O) groups excluding carboxylic acids is 1. The van der Waals surface area contributed by atoms with Crippen molar-refractivity contribution < 1.29 is 14.7 Å². The summed E-state index contributed by atoms with van der Waals surface area (Å²) in [5.41, 5.74) is 1.16. The lowest BCUT2D eigenvalue weighted by Crippen LogP contribution is -2.22. The monoisotopic (exact) mass is 310 g/mol. The van der Waals surface area contributed by atoms with E-state index in [0.717, 1.165) is 16.5 Å². The Morgan fingerprint density at radius 3 is 2.95 bits per heavy atom. The van der Waals surface area contributed by atoms with E-state index >= 15 is 0 Å². The fraction of sp³-hybridized carbons (Fsp3) is 0.0769. The number of nitrogens with one attached hydrogen (secondary N) is 2. The van der Waals surface area contributed by atoms with Crippen LogP contribution in [0.4, 0.5) is 0 Å². The molecule has 0 unspecified atom stereocenters. The molecule has 1 amide bonds. The first-order valence-electron chi connectivity index (χ1n) is 5.66. The summed E-state index contributed by atoms with van der Waals surface area (Å²) in [5.74, 6) is -1.27. The molecule has 104 valence electrons. The van der Waals surface area contributed by atoms with Gasteiger partial charge in [0.1, 0.15) is 5.69 Å². The molecule has 2 heterocycles. The van der Waals surface area contributed by atoms with Crippen molar-refractivity contribution in [1.29, 1.82) is 0 Å². The van der Waals surface area contributed by atoms with Gasteiger partial charge in [0.05, 0.1) is 11.6 Å². The molecule has 0 aliphatic rings. The summed E-state index contributed by atoms with van der Waals surface area (Å²) < 4.78 is 0. The van der Waals surface area contributed by atoms with E-state index in [2.05, 4.69) is 10.3 Å². The van der Waals surface area contributed by atoms with E-state index in [-0.39, 0.29) is 5.91 Å². The Kier molecular flexibility index (Phi) is 4.60. The number of aromatic amines is 1. The molecule has 0 fully saturated rings. The van der Waals surface area contributed by atoms with E-state index < -0.39 is 5.97 Å². The van der Waals surface area contributed by atoms with Crippen LogP contribution in [0.5, 0.6) is 0 Å². The number of halogens is 1. The standard InChI is InChI=1S/C13H11ClN2O3S/c14-9-5-10(15-6-9)13(19)16-7-11-8(3-4-20-11)1-2-12(17)18/h1-6,15H,7H2,(H,16,19)(H,17,18)/b2-1+. The normalized spacial score (nSPS) is 10.8. The van der Waals surface area contributed by atoms with Crippen molar-refractivity contribution in [2.24, 2.45) is 0 Å². The Labute approximate surface area is 123 Å². The van der Waals surface area contributed by atoms with Gasteiger partial charge in [-0.1, -0.05) is 11.6 Å². The maximum atomic E-state index is 11.8. The molecular weight excluding hydrogens is 300 g/mol. The fourth-order valence-electron chi connectivity index (χ4n) is 1.56. The zero-order valence-electron chi connectivity index (χ0n) is 10.2. The van der Waals surface area contributed by atoms with Gasteiger partial charge in [-0.2, -0.15) is 0 Å². The maximum Gasteiger partial charge on any atom is 0.328 e. The van der Waals surface area contributed by atoms with Gasteiger partial charge in [0, 0.05) is 17.2 Å². The van der Waals surface area contributed by atoms with E-state index in [9.17, 15) is 9.59 Å². The second-order valence-corrected chi connectivity index (χ2v) is 5.32. The topological polar surface area (TPSA) is 82.2 Å². The van der Waals surface area contributed by atoms with Gasteiger partial charge in [0.25, 0.3) is 5.91 Å². The first-order chi connectivity index (χ1) is 9.56. The lowest BCUT2D eigenvalue weighted by molar-refractivity contribution is -0.131. The van der Waals surface area contributed by atoms with Crippen molar-refractivity contribution in [1.82, 2.24) is 10.3 Å². The van der Waals surface area contributed by atoms with Crippen LogP contribution in [0.2, 0.25) is 5.02 Å². The molecular formula is C13H11ClN2O3S. The van der Waals surface area contributed by atoms with E-state index in [1.807, 2.05) is 5.38 Å². The minimum absolute atomic E-state index is 0.265. The molecule has 0 saturated carbocycles. The number of thiophene rings is 1. The number of carboxylic acids is 1. The van der Waals surface area contributed by atoms with Crippen LogP contribution in [0.1, 0.15) is 20.9 Å². The molecule has 2 rings (SSSR count). The highest BCUT2D eigenvalue weighted by molar-refractivity contribution is 7.10. The zero-order valence-corrected chi connectivity index (χ0v) is 11.8. The lowest BCUT2D eigenvalue weighted by atomic mass is 10.2. The second kappa shape index (κ2) is 6.40. The molecule has 0 radical (unpaired) electrons. The van der Waals surface area contributed by atoms with E-state index in [1.54, 1.807) is 6.07 Å². The van der Waals surface area contributed by atoms with E-state index in [4.69, 9.17) is 16.7 Å². The number of aromatic nitrogens is 1. The Bertz CT molecular complexity index is 660. The average Bonchev–Trinajstić information content (AvgIpc) is 3.02. The summed E-state index contributed by atoms with van der Waals surface area (Å²) in [5, 5.41) is 13.7. The minimum atomic E-state index is -1.01. The van der Waals surface area contributed by atoms with Gasteiger partial charge in [-0.05, 0) is 29.2 Å². The molecule has 0 aromatic carbocycles. The van der Waals surface area contributed by atoms with Crippen molar-refractivity contribution in [3.63, 3.8) is 0 Å². The number of H-pyrrole nitrogens is 1. The molecule has 0 aliphatic carbocycles. The summed E-state index contributed by atoms with van der Waals surface area (Å²) in [6.45, 7) is 0.326. The summed E-state index contributed by atoms with van der Waals surface area (Å²) in [6.07, 6.45) is 4.10. The lowest BCUT2D eigenvalue weighted by Gasteiger charge is -2.03. The van der Waals surface area contributed by atoms with Crippen LogP contribution < -0.4 is 5.32 Å². The van der Waals surface area contributed by atoms with Crippen LogP contribution in [0.3, 0.4) is 0 Å².